The maximum absolute atomic E-state index is 11.3. The molecule has 0 amide bonds. The number of hydrogen-bond acceptors (Lipinski definition) is 3. The predicted octanol–water partition coefficient (Wildman–Crippen LogP) is 2.34. The van der Waals surface area contributed by atoms with Crippen molar-refractivity contribution in [3.8, 4) is 0 Å². The van der Waals surface area contributed by atoms with Crippen molar-refractivity contribution in [2.24, 2.45) is 0 Å². The quantitative estimate of drug-likeness (QED) is 0.755. The summed E-state index contributed by atoms with van der Waals surface area (Å²) in [5, 5.41) is 0.476. The maximum Gasteiger partial charge on any atom is 0.338 e. The van der Waals surface area contributed by atoms with E-state index < -0.39 is 0 Å². The van der Waals surface area contributed by atoms with Gasteiger partial charge in [0.15, 0.2) is 5.15 Å². The Labute approximate surface area is 97.8 Å². The Kier molecular flexibility index (Phi) is 2.83. The number of methoxy groups -OCH3 is 1. The molecule has 0 saturated heterocycles. The normalized spacial score (nSPS) is 10.7. The van der Waals surface area contributed by atoms with Gasteiger partial charge in [0, 0.05) is 6.20 Å². The van der Waals surface area contributed by atoms with Crippen LogP contribution in [0.5, 0.6) is 0 Å². The van der Waals surface area contributed by atoms with E-state index in [1.165, 1.54) is 7.11 Å². The molecular weight excluding hydrogens is 228 g/mol. The third-order valence-corrected chi connectivity index (χ3v) is 2.73. The number of esters is 1. The molecule has 2 heterocycles. The van der Waals surface area contributed by atoms with Crippen LogP contribution < -0.4 is 0 Å². The summed E-state index contributed by atoms with van der Waals surface area (Å²) in [6.45, 7) is 2.00. The number of rotatable bonds is 2. The third kappa shape index (κ3) is 1.65. The fourth-order valence-electron chi connectivity index (χ4n) is 1.63. The lowest BCUT2D eigenvalue weighted by Gasteiger charge is -2.01. The standard InChI is InChI=1S/C11H11ClN2O2/c1-3-8-10(12)13-9-6-7(11(15)16-2)4-5-14(8)9/h4-6H,3H2,1-2H3. The lowest BCUT2D eigenvalue weighted by atomic mass is 10.2. The minimum Gasteiger partial charge on any atom is -0.465 e. The van der Waals surface area contributed by atoms with Gasteiger partial charge in [-0.25, -0.2) is 9.78 Å². The smallest absolute Gasteiger partial charge is 0.338 e. The van der Waals surface area contributed by atoms with Gasteiger partial charge < -0.3 is 9.14 Å². The zero-order chi connectivity index (χ0) is 11.7. The van der Waals surface area contributed by atoms with E-state index in [2.05, 4.69) is 9.72 Å². The molecule has 16 heavy (non-hydrogen) atoms. The van der Waals surface area contributed by atoms with Gasteiger partial charge in [0.25, 0.3) is 0 Å². The van der Waals surface area contributed by atoms with E-state index in [1.54, 1.807) is 18.3 Å². The number of nitrogens with zero attached hydrogens (tertiary/aromatic N) is 2. The summed E-state index contributed by atoms with van der Waals surface area (Å²) in [5.41, 5.74) is 2.07. The Morgan fingerprint density at radius 1 is 1.62 bits per heavy atom. The molecular formula is C11H11ClN2O2. The Morgan fingerprint density at radius 3 is 3.00 bits per heavy atom. The third-order valence-electron chi connectivity index (χ3n) is 2.43. The van der Waals surface area contributed by atoms with E-state index in [1.807, 2.05) is 11.3 Å². The first kappa shape index (κ1) is 11.0. The second-order valence-corrected chi connectivity index (χ2v) is 3.70. The fourth-order valence-corrected chi connectivity index (χ4v) is 1.94. The molecule has 5 heteroatoms. The average Bonchev–Trinajstić information content (AvgIpc) is 2.62. The van der Waals surface area contributed by atoms with Gasteiger partial charge in [-0.15, -0.1) is 0 Å². The first-order valence-corrected chi connectivity index (χ1v) is 5.30. The number of aryl methyl sites for hydroxylation is 1. The number of imidazole rings is 1. The van der Waals surface area contributed by atoms with Crippen molar-refractivity contribution >= 4 is 23.2 Å². The molecule has 0 aromatic carbocycles. The summed E-state index contributed by atoms with van der Waals surface area (Å²) in [5.74, 6) is -0.375. The van der Waals surface area contributed by atoms with E-state index in [0.29, 0.717) is 16.4 Å². The summed E-state index contributed by atoms with van der Waals surface area (Å²) < 4.78 is 6.51. The fraction of sp³-hybridized carbons (Fsp3) is 0.273. The highest BCUT2D eigenvalue weighted by atomic mass is 35.5. The maximum atomic E-state index is 11.3. The lowest BCUT2D eigenvalue weighted by Crippen LogP contribution is -2.02. The first-order chi connectivity index (χ1) is 7.67. The molecule has 84 valence electrons. The van der Waals surface area contributed by atoms with Crippen LogP contribution in [0.25, 0.3) is 5.65 Å². The molecule has 4 nitrogen and oxygen atoms in total. The molecule has 0 atom stereocenters. The van der Waals surface area contributed by atoms with Crippen molar-refractivity contribution in [1.82, 2.24) is 9.38 Å². The van der Waals surface area contributed by atoms with Crippen LogP contribution in [0.4, 0.5) is 0 Å². The number of carbonyl (C=O) groups excluding carboxylic acids is 1. The number of aromatic nitrogens is 2. The molecule has 0 aliphatic heterocycles. The number of halogens is 1. The number of carbonyl (C=O) groups is 1. The van der Waals surface area contributed by atoms with Gasteiger partial charge in [0.2, 0.25) is 0 Å². The van der Waals surface area contributed by atoms with Crippen LogP contribution in [0, 0.1) is 0 Å². The van der Waals surface area contributed by atoms with E-state index in [9.17, 15) is 4.79 Å². The molecule has 0 aliphatic carbocycles. The van der Waals surface area contributed by atoms with Crippen LogP contribution in [-0.4, -0.2) is 22.5 Å². The average molecular weight is 239 g/mol. The van der Waals surface area contributed by atoms with Gasteiger partial charge in [-0.05, 0) is 18.6 Å². The van der Waals surface area contributed by atoms with Crippen LogP contribution in [0.2, 0.25) is 5.15 Å². The largest absolute Gasteiger partial charge is 0.465 e. The van der Waals surface area contributed by atoms with Gasteiger partial charge in [0.05, 0.1) is 18.4 Å². The van der Waals surface area contributed by atoms with E-state index in [-0.39, 0.29) is 5.97 Å². The molecule has 0 saturated carbocycles. The van der Waals surface area contributed by atoms with Gasteiger partial charge in [0.1, 0.15) is 5.65 Å². The minimum absolute atomic E-state index is 0.375. The Balaban J connectivity index is 2.60. The zero-order valence-electron chi connectivity index (χ0n) is 9.03. The molecule has 0 radical (unpaired) electrons. The number of ether oxygens (including phenoxy) is 1. The van der Waals surface area contributed by atoms with Crippen molar-refractivity contribution in [3.05, 3.63) is 34.7 Å². The van der Waals surface area contributed by atoms with Crippen molar-refractivity contribution < 1.29 is 9.53 Å². The van der Waals surface area contributed by atoms with Crippen LogP contribution in [0.3, 0.4) is 0 Å². The molecule has 0 bridgehead atoms. The highest BCUT2D eigenvalue weighted by Gasteiger charge is 2.11. The van der Waals surface area contributed by atoms with Gasteiger partial charge in [-0.2, -0.15) is 0 Å². The summed E-state index contributed by atoms with van der Waals surface area (Å²) in [4.78, 5) is 15.5. The van der Waals surface area contributed by atoms with Crippen molar-refractivity contribution in [2.45, 2.75) is 13.3 Å². The summed E-state index contributed by atoms with van der Waals surface area (Å²) in [6.07, 6.45) is 2.57. The van der Waals surface area contributed by atoms with Gasteiger partial charge >= 0.3 is 5.97 Å². The Morgan fingerprint density at radius 2 is 2.38 bits per heavy atom. The second-order valence-electron chi connectivity index (χ2n) is 3.34. The minimum atomic E-state index is -0.375. The Hall–Kier alpha value is -1.55. The van der Waals surface area contributed by atoms with Crippen molar-refractivity contribution in [2.75, 3.05) is 7.11 Å². The first-order valence-electron chi connectivity index (χ1n) is 4.92. The molecule has 0 fully saturated rings. The second kappa shape index (κ2) is 4.14. The van der Waals surface area contributed by atoms with Crippen LogP contribution >= 0.6 is 11.6 Å². The highest BCUT2D eigenvalue weighted by molar-refractivity contribution is 6.30. The molecule has 0 spiro atoms. The monoisotopic (exact) mass is 238 g/mol. The number of pyridine rings is 1. The van der Waals surface area contributed by atoms with E-state index >= 15 is 0 Å². The highest BCUT2D eigenvalue weighted by Crippen LogP contribution is 2.19. The topological polar surface area (TPSA) is 43.6 Å². The van der Waals surface area contributed by atoms with Crippen LogP contribution in [-0.2, 0) is 11.2 Å². The molecule has 2 aromatic heterocycles. The molecule has 2 aromatic rings. The Bertz CT molecular complexity index is 548. The number of fused-ring (bicyclic) bond motifs is 1. The summed E-state index contributed by atoms with van der Waals surface area (Å²) in [7, 11) is 1.35. The van der Waals surface area contributed by atoms with Crippen LogP contribution in [0.15, 0.2) is 18.3 Å². The van der Waals surface area contributed by atoms with Crippen LogP contribution in [0.1, 0.15) is 23.0 Å². The van der Waals surface area contributed by atoms with Crippen molar-refractivity contribution in [3.63, 3.8) is 0 Å². The molecule has 0 aliphatic rings. The summed E-state index contributed by atoms with van der Waals surface area (Å²) >= 11 is 5.99. The summed E-state index contributed by atoms with van der Waals surface area (Å²) in [6, 6.07) is 3.35. The lowest BCUT2D eigenvalue weighted by molar-refractivity contribution is 0.0600. The SMILES string of the molecule is CCc1c(Cl)nc2cc(C(=O)OC)ccn12. The number of hydrogen-bond donors (Lipinski definition) is 0. The van der Waals surface area contributed by atoms with E-state index in [0.717, 1.165) is 12.1 Å². The molecule has 2 rings (SSSR count). The van der Waals surface area contributed by atoms with E-state index in [4.69, 9.17) is 11.6 Å². The predicted molar refractivity (Wildman–Crippen MR) is 60.9 cm³/mol. The van der Waals surface area contributed by atoms with Gasteiger partial charge in [-0.3, -0.25) is 0 Å². The van der Waals surface area contributed by atoms with Gasteiger partial charge in [-0.1, -0.05) is 18.5 Å². The molecule has 0 unspecified atom stereocenters. The molecule has 0 N–H and O–H groups in total. The zero-order valence-corrected chi connectivity index (χ0v) is 9.78. The van der Waals surface area contributed by atoms with Crippen molar-refractivity contribution in [1.29, 1.82) is 0 Å².